The van der Waals surface area contributed by atoms with Crippen molar-refractivity contribution in [1.82, 2.24) is 4.90 Å². The monoisotopic (exact) mass is 316 g/mol. The van der Waals surface area contributed by atoms with Crippen LogP contribution in [0.25, 0.3) is 0 Å². The maximum absolute atomic E-state index is 12.4. The van der Waals surface area contributed by atoms with E-state index in [4.69, 9.17) is 11.6 Å². The van der Waals surface area contributed by atoms with Gasteiger partial charge in [0.15, 0.2) is 0 Å². The number of halogens is 1. The van der Waals surface area contributed by atoms with Gasteiger partial charge in [-0.3, -0.25) is 9.69 Å². The Balaban J connectivity index is 2.01. The summed E-state index contributed by atoms with van der Waals surface area (Å²) in [6.07, 6.45) is 0. The summed E-state index contributed by atoms with van der Waals surface area (Å²) in [4.78, 5) is 14.4. The number of carbonyl (C=O) groups is 1. The molecule has 2 aromatic rings. The second-order valence-corrected chi connectivity index (χ2v) is 5.89. The van der Waals surface area contributed by atoms with Gasteiger partial charge in [-0.25, -0.2) is 0 Å². The highest BCUT2D eigenvalue weighted by Gasteiger charge is 2.19. The molecule has 0 heterocycles. The van der Waals surface area contributed by atoms with E-state index in [1.54, 1.807) is 0 Å². The molecule has 0 saturated carbocycles. The summed E-state index contributed by atoms with van der Waals surface area (Å²) in [5.41, 5.74) is 2.83. The van der Waals surface area contributed by atoms with Gasteiger partial charge in [-0.05, 0) is 44.2 Å². The SMILES string of the molecule is Cc1c(Cl)cccc1NC(=O)[C@H](C)N(C)Cc1ccccc1. The molecule has 2 aromatic carbocycles. The third kappa shape index (κ3) is 4.09. The van der Waals surface area contributed by atoms with E-state index >= 15 is 0 Å². The number of hydrogen-bond acceptors (Lipinski definition) is 2. The average molecular weight is 317 g/mol. The van der Waals surface area contributed by atoms with Gasteiger partial charge in [0.25, 0.3) is 0 Å². The molecule has 0 bridgehead atoms. The Hall–Kier alpha value is -1.84. The minimum Gasteiger partial charge on any atom is -0.324 e. The molecule has 0 aliphatic carbocycles. The van der Waals surface area contributed by atoms with Gasteiger partial charge in [0.05, 0.1) is 6.04 Å². The van der Waals surface area contributed by atoms with Gasteiger partial charge in [0, 0.05) is 17.3 Å². The number of rotatable bonds is 5. The number of likely N-dealkylation sites (N-methyl/N-ethyl adjacent to an activating group) is 1. The van der Waals surface area contributed by atoms with Crippen LogP contribution in [0.5, 0.6) is 0 Å². The van der Waals surface area contributed by atoms with Crippen molar-refractivity contribution in [3.63, 3.8) is 0 Å². The van der Waals surface area contributed by atoms with Crippen molar-refractivity contribution >= 4 is 23.2 Å². The van der Waals surface area contributed by atoms with E-state index in [1.807, 2.05) is 62.2 Å². The van der Waals surface area contributed by atoms with Crippen molar-refractivity contribution in [3.05, 3.63) is 64.7 Å². The first kappa shape index (κ1) is 16.5. The molecule has 0 fully saturated rings. The Morgan fingerprint density at radius 3 is 2.55 bits per heavy atom. The molecule has 0 aliphatic heterocycles. The smallest absolute Gasteiger partial charge is 0.241 e. The van der Waals surface area contributed by atoms with Crippen LogP contribution in [0.4, 0.5) is 5.69 Å². The topological polar surface area (TPSA) is 32.3 Å². The third-order valence-electron chi connectivity index (χ3n) is 3.84. The van der Waals surface area contributed by atoms with E-state index in [1.165, 1.54) is 5.56 Å². The van der Waals surface area contributed by atoms with Crippen LogP contribution in [0, 0.1) is 6.92 Å². The first-order valence-electron chi connectivity index (χ1n) is 7.29. The zero-order valence-electron chi connectivity index (χ0n) is 13.1. The van der Waals surface area contributed by atoms with Crippen LogP contribution < -0.4 is 5.32 Å². The second-order valence-electron chi connectivity index (χ2n) is 5.48. The molecule has 116 valence electrons. The van der Waals surface area contributed by atoms with Gasteiger partial charge in [-0.2, -0.15) is 0 Å². The van der Waals surface area contributed by atoms with Crippen molar-refractivity contribution in [2.24, 2.45) is 0 Å². The zero-order chi connectivity index (χ0) is 16.1. The number of anilines is 1. The molecule has 0 aromatic heterocycles. The first-order valence-corrected chi connectivity index (χ1v) is 7.67. The molecule has 0 saturated heterocycles. The van der Waals surface area contributed by atoms with Gasteiger partial charge in [-0.15, -0.1) is 0 Å². The Kier molecular flexibility index (Phi) is 5.58. The number of carbonyl (C=O) groups excluding carboxylic acids is 1. The van der Waals surface area contributed by atoms with Crippen LogP contribution in [0.15, 0.2) is 48.5 Å². The number of benzene rings is 2. The maximum atomic E-state index is 12.4. The average Bonchev–Trinajstić information content (AvgIpc) is 2.52. The highest BCUT2D eigenvalue weighted by Crippen LogP contribution is 2.23. The summed E-state index contributed by atoms with van der Waals surface area (Å²) in [6, 6.07) is 15.4. The van der Waals surface area contributed by atoms with Crippen molar-refractivity contribution in [3.8, 4) is 0 Å². The Morgan fingerprint density at radius 1 is 1.18 bits per heavy atom. The standard InChI is InChI=1S/C18H21ClN2O/c1-13-16(19)10-7-11-17(13)20-18(22)14(2)21(3)12-15-8-5-4-6-9-15/h4-11,14H,12H2,1-3H3,(H,20,22)/t14-/m0/s1. The van der Waals surface area contributed by atoms with E-state index < -0.39 is 0 Å². The predicted molar refractivity (Wildman–Crippen MR) is 92.2 cm³/mol. The molecule has 4 heteroatoms. The second kappa shape index (κ2) is 7.43. The van der Waals surface area contributed by atoms with Crippen molar-refractivity contribution in [2.75, 3.05) is 12.4 Å². The summed E-state index contributed by atoms with van der Waals surface area (Å²) in [5.74, 6) is -0.0382. The molecule has 0 aliphatic rings. The van der Waals surface area contributed by atoms with Gasteiger partial charge >= 0.3 is 0 Å². The fraction of sp³-hybridized carbons (Fsp3) is 0.278. The summed E-state index contributed by atoms with van der Waals surface area (Å²) in [5, 5.41) is 3.61. The number of amides is 1. The molecule has 0 radical (unpaired) electrons. The van der Waals surface area contributed by atoms with Crippen LogP contribution in [0.1, 0.15) is 18.1 Å². The molecule has 22 heavy (non-hydrogen) atoms. The molecule has 1 atom stereocenters. The molecular weight excluding hydrogens is 296 g/mol. The maximum Gasteiger partial charge on any atom is 0.241 e. The zero-order valence-corrected chi connectivity index (χ0v) is 13.9. The summed E-state index contributed by atoms with van der Waals surface area (Å²) in [6.45, 7) is 4.53. The highest BCUT2D eigenvalue weighted by atomic mass is 35.5. The lowest BCUT2D eigenvalue weighted by Crippen LogP contribution is -2.39. The number of nitrogens with zero attached hydrogens (tertiary/aromatic N) is 1. The van der Waals surface area contributed by atoms with Crippen LogP contribution in [-0.2, 0) is 11.3 Å². The van der Waals surface area contributed by atoms with Crippen LogP contribution >= 0.6 is 11.6 Å². The lowest BCUT2D eigenvalue weighted by atomic mass is 10.1. The van der Waals surface area contributed by atoms with Crippen LogP contribution in [0.2, 0.25) is 5.02 Å². The van der Waals surface area contributed by atoms with Gasteiger partial charge in [-0.1, -0.05) is 48.0 Å². The molecular formula is C18H21ClN2O. The Labute approximate surface area is 136 Å². The van der Waals surface area contributed by atoms with Gasteiger partial charge in [0.2, 0.25) is 5.91 Å². The largest absolute Gasteiger partial charge is 0.324 e. The quantitative estimate of drug-likeness (QED) is 0.900. The lowest BCUT2D eigenvalue weighted by molar-refractivity contribution is -0.120. The van der Waals surface area contributed by atoms with Crippen LogP contribution in [0.3, 0.4) is 0 Å². The number of hydrogen-bond donors (Lipinski definition) is 1. The fourth-order valence-electron chi connectivity index (χ4n) is 2.19. The van der Waals surface area contributed by atoms with E-state index in [9.17, 15) is 4.79 Å². The van der Waals surface area contributed by atoms with Crippen molar-refractivity contribution in [1.29, 1.82) is 0 Å². The minimum atomic E-state index is -0.237. The van der Waals surface area contributed by atoms with Crippen molar-refractivity contribution < 1.29 is 4.79 Å². The van der Waals surface area contributed by atoms with Crippen LogP contribution in [-0.4, -0.2) is 23.9 Å². The molecule has 0 unspecified atom stereocenters. The van der Waals surface area contributed by atoms with E-state index in [2.05, 4.69) is 17.4 Å². The van der Waals surface area contributed by atoms with E-state index in [-0.39, 0.29) is 11.9 Å². The minimum absolute atomic E-state index is 0.0382. The van der Waals surface area contributed by atoms with Gasteiger partial charge in [0.1, 0.15) is 0 Å². The van der Waals surface area contributed by atoms with Gasteiger partial charge < -0.3 is 5.32 Å². The van der Waals surface area contributed by atoms with Crippen molar-refractivity contribution in [2.45, 2.75) is 26.4 Å². The third-order valence-corrected chi connectivity index (χ3v) is 4.25. The normalized spacial score (nSPS) is 12.2. The number of nitrogens with one attached hydrogen (secondary N) is 1. The van der Waals surface area contributed by atoms with E-state index in [0.717, 1.165) is 17.8 Å². The Bertz CT molecular complexity index is 643. The lowest BCUT2D eigenvalue weighted by Gasteiger charge is -2.24. The molecule has 3 nitrogen and oxygen atoms in total. The highest BCUT2D eigenvalue weighted by molar-refractivity contribution is 6.31. The Morgan fingerprint density at radius 2 is 1.86 bits per heavy atom. The summed E-state index contributed by atoms with van der Waals surface area (Å²) in [7, 11) is 1.95. The summed E-state index contributed by atoms with van der Waals surface area (Å²) < 4.78 is 0. The summed E-state index contributed by atoms with van der Waals surface area (Å²) >= 11 is 6.09. The molecule has 1 amide bonds. The first-order chi connectivity index (χ1) is 10.5. The molecule has 2 rings (SSSR count). The predicted octanol–water partition coefficient (Wildman–Crippen LogP) is 4.11. The molecule has 0 spiro atoms. The fourth-order valence-corrected chi connectivity index (χ4v) is 2.36. The molecule has 1 N–H and O–H groups in total. The van der Waals surface area contributed by atoms with E-state index in [0.29, 0.717) is 5.02 Å².